The van der Waals surface area contributed by atoms with Crippen LogP contribution in [0.15, 0.2) is 36.4 Å². The van der Waals surface area contributed by atoms with Crippen molar-refractivity contribution in [1.82, 2.24) is 19.9 Å². The lowest BCUT2D eigenvalue weighted by Crippen LogP contribution is -2.54. The fourth-order valence-electron chi connectivity index (χ4n) is 6.67. The molecule has 3 aliphatic carbocycles. The van der Waals surface area contributed by atoms with Crippen molar-refractivity contribution in [2.75, 3.05) is 27.3 Å². The van der Waals surface area contributed by atoms with Gasteiger partial charge in [0.2, 0.25) is 27.7 Å². The number of hydrogen-bond donors (Lipinski definition) is 2. The molecule has 1 aliphatic heterocycles. The number of carbonyl (C=O) groups is 3. The number of hydrogen-bond acceptors (Lipinski definition) is 9. The number of fused-ring (bicyclic) bond motifs is 3. The van der Waals surface area contributed by atoms with Crippen LogP contribution in [0.5, 0.6) is 17.4 Å². The van der Waals surface area contributed by atoms with Crippen molar-refractivity contribution in [2.24, 2.45) is 17.8 Å². The Morgan fingerprint density at radius 3 is 2.67 bits per heavy atom. The van der Waals surface area contributed by atoms with E-state index in [1.54, 1.807) is 31.2 Å². The summed E-state index contributed by atoms with van der Waals surface area (Å²) in [5, 5.41) is 3.08. The highest BCUT2D eigenvalue weighted by atomic mass is 32.2. The second-order valence-corrected chi connectivity index (χ2v) is 14.8. The Balaban J connectivity index is 1.29. The van der Waals surface area contributed by atoms with Gasteiger partial charge in [0.25, 0.3) is 5.91 Å². The van der Waals surface area contributed by atoms with Crippen LogP contribution in [0.3, 0.4) is 0 Å². The number of aromatic nitrogens is 1. The van der Waals surface area contributed by atoms with Crippen molar-refractivity contribution in [1.29, 1.82) is 0 Å². The smallest absolute Gasteiger partial charge is 0.259 e. The van der Waals surface area contributed by atoms with Crippen LogP contribution in [0.1, 0.15) is 58.3 Å². The number of nitrogens with zero attached hydrogens (tertiary/aromatic N) is 2. The molecule has 5 atom stereocenters. The minimum Gasteiger partial charge on any atom is -0.497 e. The van der Waals surface area contributed by atoms with E-state index < -0.39 is 50.6 Å². The molecule has 3 fully saturated rings. The molecule has 0 radical (unpaired) electrons. The lowest BCUT2D eigenvalue weighted by Gasteiger charge is -2.26. The molecule has 2 heterocycles. The van der Waals surface area contributed by atoms with Gasteiger partial charge in [0.1, 0.15) is 23.1 Å². The van der Waals surface area contributed by atoms with E-state index in [-0.39, 0.29) is 18.2 Å². The first-order chi connectivity index (χ1) is 22.0. The van der Waals surface area contributed by atoms with Gasteiger partial charge in [0, 0.05) is 37.0 Å². The molecular formula is C33H42N4O8S. The number of benzene rings is 1. The van der Waals surface area contributed by atoms with Gasteiger partial charge in [0.15, 0.2) is 0 Å². The summed E-state index contributed by atoms with van der Waals surface area (Å²) in [7, 11) is -0.485. The van der Waals surface area contributed by atoms with E-state index in [9.17, 15) is 22.8 Å². The molecule has 12 nitrogen and oxygen atoms in total. The lowest BCUT2D eigenvalue weighted by molar-refractivity contribution is -0.140. The quantitative estimate of drug-likeness (QED) is 0.409. The number of ether oxygens (including phenoxy) is 3. The molecule has 0 bridgehead atoms. The minimum absolute atomic E-state index is 0.152. The van der Waals surface area contributed by atoms with Crippen LogP contribution in [0.4, 0.5) is 0 Å². The average Bonchev–Trinajstić information content (AvgIpc) is 3.95. The Kier molecular flexibility index (Phi) is 8.88. The van der Waals surface area contributed by atoms with Gasteiger partial charge >= 0.3 is 0 Å². The molecule has 13 heteroatoms. The molecule has 248 valence electrons. The van der Waals surface area contributed by atoms with Crippen molar-refractivity contribution in [3.05, 3.63) is 36.4 Å². The summed E-state index contributed by atoms with van der Waals surface area (Å²) in [6, 6.07) is 7.16. The molecule has 46 heavy (non-hydrogen) atoms. The molecule has 3 amide bonds. The van der Waals surface area contributed by atoms with Crippen molar-refractivity contribution in [2.45, 2.75) is 75.2 Å². The van der Waals surface area contributed by atoms with E-state index in [2.05, 4.69) is 15.0 Å². The first-order valence-corrected chi connectivity index (χ1v) is 17.7. The maximum atomic E-state index is 14.1. The summed E-state index contributed by atoms with van der Waals surface area (Å²) in [5.74, 6) is -1.60. The van der Waals surface area contributed by atoms with Gasteiger partial charge in [-0.25, -0.2) is 13.4 Å². The second-order valence-electron chi connectivity index (χ2n) is 12.8. The number of amides is 3. The van der Waals surface area contributed by atoms with Gasteiger partial charge in [0.05, 0.1) is 36.3 Å². The van der Waals surface area contributed by atoms with E-state index in [0.29, 0.717) is 61.7 Å². The van der Waals surface area contributed by atoms with Crippen LogP contribution < -0.4 is 24.2 Å². The van der Waals surface area contributed by atoms with Crippen molar-refractivity contribution in [3.63, 3.8) is 0 Å². The summed E-state index contributed by atoms with van der Waals surface area (Å²) in [6.45, 7) is 2.83. The van der Waals surface area contributed by atoms with Crippen LogP contribution in [0.2, 0.25) is 0 Å². The molecule has 0 spiro atoms. The SMILES string of the molecule is CCOc1cc(OC2CC3C(=O)NC4(C(=O)NS(=O)(=O)C5CC5)CC4/C=C\CCCCN(C)C(=O)C3C2)c2ccc(OC)cc2n1. The fourth-order valence-corrected chi connectivity index (χ4v) is 8.03. The molecule has 2 aromatic rings. The summed E-state index contributed by atoms with van der Waals surface area (Å²) in [5.41, 5.74) is -0.766. The maximum absolute atomic E-state index is 14.1. The van der Waals surface area contributed by atoms with E-state index >= 15 is 0 Å². The number of rotatable bonds is 8. The standard InChI is InChI=1S/C33H42N4O8S/c1-4-44-29-18-28(24-13-10-21(43-3)17-27(24)34-29)45-22-15-25-26(16-22)31(39)37(2)14-8-6-5-7-9-20-19-33(20,35-30(25)38)32(40)36-46(41,42)23-11-12-23/h7,9-10,13,17-18,20,22-23,25-26H,4-6,8,11-12,14-16,19H2,1-3H3,(H,35,38)(H,36,40)/b9-7-. The van der Waals surface area contributed by atoms with Crippen LogP contribution in [0, 0.1) is 17.8 Å². The van der Waals surface area contributed by atoms with Crippen LogP contribution in [-0.4, -0.2) is 80.2 Å². The molecule has 3 saturated carbocycles. The van der Waals surface area contributed by atoms with Gasteiger partial charge < -0.3 is 24.4 Å². The minimum atomic E-state index is -3.81. The molecule has 2 N–H and O–H groups in total. The molecular weight excluding hydrogens is 612 g/mol. The Labute approximate surface area is 269 Å². The number of nitrogens with one attached hydrogen (secondary N) is 2. The predicted octanol–water partition coefficient (Wildman–Crippen LogP) is 3.10. The van der Waals surface area contributed by atoms with Gasteiger partial charge in [-0.05, 0) is 70.4 Å². The van der Waals surface area contributed by atoms with E-state index in [4.69, 9.17) is 14.2 Å². The van der Waals surface area contributed by atoms with E-state index in [0.717, 1.165) is 24.6 Å². The monoisotopic (exact) mass is 654 g/mol. The van der Waals surface area contributed by atoms with Crippen molar-refractivity contribution < 1.29 is 37.0 Å². The zero-order valence-corrected chi connectivity index (χ0v) is 27.3. The lowest BCUT2D eigenvalue weighted by atomic mass is 9.93. The normalized spacial score (nSPS) is 29.2. The van der Waals surface area contributed by atoms with Crippen LogP contribution in [0.25, 0.3) is 10.9 Å². The fraction of sp³-hybridized carbons (Fsp3) is 0.576. The first-order valence-electron chi connectivity index (χ1n) is 16.1. The van der Waals surface area contributed by atoms with Crippen molar-refractivity contribution >= 4 is 38.6 Å². The number of methoxy groups -OCH3 is 1. The number of carbonyl (C=O) groups excluding carboxylic acids is 3. The van der Waals surface area contributed by atoms with Gasteiger partial charge in [-0.2, -0.15) is 0 Å². The summed E-state index contributed by atoms with van der Waals surface area (Å²) < 4.78 is 45.2. The molecule has 1 aromatic carbocycles. The second kappa shape index (κ2) is 12.7. The highest BCUT2D eigenvalue weighted by Gasteiger charge is 2.62. The Morgan fingerprint density at radius 1 is 1.15 bits per heavy atom. The van der Waals surface area contributed by atoms with Gasteiger partial charge in [-0.15, -0.1) is 0 Å². The summed E-state index contributed by atoms with van der Waals surface area (Å²) >= 11 is 0. The number of sulfonamides is 1. The molecule has 6 rings (SSSR count). The molecule has 0 saturated heterocycles. The highest BCUT2D eigenvalue weighted by molar-refractivity contribution is 7.91. The molecule has 1 aromatic heterocycles. The zero-order valence-electron chi connectivity index (χ0n) is 26.5. The Hall–Kier alpha value is -3.87. The van der Waals surface area contributed by atoms with Crippen LogP contribution >= 0.6 is 0 Å². The van der Waals surface area contributed by atoms with Crippen molar-refractivity contribution in [3.8, 4) is 17.4 Å². The number of allylic oxidation sites excluding steroid dienone is 1. The third-order valence-corrected chi connectivity index (χ3v) is 11.4. The highest BCUT2D eigenvalue weighted by Crippen LogP contribution is 2.47. The first kappa shape index (κ1) is 32.1. The molecule has 5 unspecified atom stereocenters. The Bertz CT molecular complexity index is 1660. The Morgan fingerprint density at radius 2 is 1.93 bits per heavy atom. The van der Waals surface area contributed by atoms with Crippen LogP contribution in [-0.2, 0) is 24.4 Å². The molecule has 4 aliphatic rings. The topological polar surface area (TPSA) is 153 Å². The largest absolute Gasteiger partial charge is 0.497 e. The number of pyridine rings is 1. The van der Waals surface area contributed by atoms with E-state index in [1.807, 2.05) is 31.2 Å². The summed E-state index contributed by atoms with van der Waals surface area (Å²) in [6.07, 6.45) is 7.62. The average molecular weight is 655 g/mol. The zero-order chi connectivity index (χ0) is 32.6. The third-order valence-electron chi connectivity index (χ3n) is 9.54. The predicted molar refractivity (Wildman–Crippen MR) is 170 cm³/mol. The van der Waals surface area contributed by atoms with Gasteiger partial charge in [-0.1, -0.05) is 12.2 Å². The maximum Gasteiger partial charge on any atom is 0.259 e. The summed E-state index contributed by atoms with van der Waals surface area (Å²) in [4.78, 5) is 47.6. The third kappa shape index (κ3) is 6.51. The van der Waals surface area contributed by atoms with Gasteiger partial charge in [-0.3, -0.25) is 19.1 Å². The van der Waals surface area contributed by atoms with E-state index in [1.165, 1.54) is 0 Å².